The summed E-state index contributed by atoms with van der Waals surface area (Å²) in [5.74, 6) is 0.209. The largest absolute Gasteiger partial charge is 0.326 e. The predicted octanol–water partition coefficient (Wildman–Crippen LogP) is 6.47. The van der Waals surface area contributed by atoms with Crippen molar-refractivity contribution in [2.24, 2.45) is 5.73 Å². The van der Waals surface area contributed by atoms with Gasteiger partial charge in [-0.3, -0.25) is 0 Å². The number of nitrogens with one attached hydrogen (secondary N) is 1. The first-order chi connectivity index (χ1) is 17.6. The van der Waals surface area contributed by atoms with Crippen LogP contribution in [0, 0.1) is 18.6 Å². The summed E-state index contributed by atoms with van der Waals surface area (Å²) < 4.78 is 31.6. The number of allylic oxidation sites excluding steroid dienone is 1. The number of pyridine rings is 1. The predicted molar refractivity (Wildman–Crippen MR) is 142 cm³/mol. The van der Waals surface area contributed by atoms with Gasteiger partial charge in [0.15, 0.2) is 11.6 Å². The molecule has 1 aromatic carbocycles. The zero-order chi connectivity index (χ0) is 26.3. The number of fused-ring (bicyclic) bond motifs is 1. The molecule has 1 fully saturated rings. The van der Waals surface area contributed by atoms with Crippen molar-refractivity contribution >= 4 is 28.9 Å². The smallest absolute Gasteiger partial charge is 0.229 e. The molecule has 0 aliphatic heterocycles. The molecule has 3 aromatic heterocycles. The summed E-state index contributed by atoms with van der Waals surface area (Å²) in [5, 5.41) is 3.02. The van der Waals surface area contributed by atoms with Gasteiger partial charge in [-0.15, -0.1) is 0 Å². The Labute approximate surface area is 214 Å². The van der Waals surface area contributed by atoms with Gasteiger partial charge in [0.2, 0.25) is 5.95 Å². The first kappa shape index (κ1) is 25.0. The molecule has 5 rings (SSSR count). The first-order valence-electron chi connectivity index (χ1n) is 12.5. The van der Waals surface area contributed by atoms with Crippen LogP contribution < -0.4 is 11.1 Å². The van der Waals surface area contributed by atoms with E-state index < -0.39 is 11.6 Å². The molecule has 37 heavy (non-hydrogen) atoms. The maximum absolute atomic E-state index is 14.9. The number of nitrogens with two attached hydrogens (primary N) is 1. The molecule has 0 spiro atoms. The quantitative estimate of drug-likeness (QED) is 0.324. The van der Waals surface area contributed by atoms with Crippen LogP contribution in [0.4, 0.5) is 20.5 Å². The lowest BCUT2D eigenvalue weighted by molar-refractivity contribution is 0.367. The van der Waals surface area contributed by atoms with Gasteiger partial charge in [0.05, 0.1) is 11.7 Å². The van der Waals surface area contributed by atoms with Gasteiger partial charge in [0.25, 0.3) is 0 Å². The van der Waals surface area contributed by atoms with E-state index in [1.54, 1.807) is 12.3 Å². The molecular weight excluding hydrogens is 472 g/mol. The highest BCUT2D eigenvalue weighted by Crippen LogP contribution is 2.32. The molecular formula is C28H31F2N7. The minimum absolute atomic E-state index is 0.00184. The Bertz CT molecular complexity index is 1470. The number of aryl methyl sites for hydroxylation is 1. The van der Waals surface area contributed by atoms with Crippen LogP contribution in [-0.4, -0.2) is 30.0 Å². The Morgan fingerprint density at radius 1 is 1.05 bits per heavy atom. The summed E-state index contributed by atoms with van der Waals surface area (Å²) >= 11 is 0. The molecule has 3 heterocycles. The van der Waals surface area contributed by atoms with E-state index in [0.29, 0.717) is 22.7 Å². The fourth-order valence-corrected chi connectivity index (χ4v) is 4.89. The molecule has 4 aromatic rings. The Morgan fingerprint density at radius 3 is 2.49 bits per heavy atom. The minimum atomic E-state index is -0.646. The monoisotopic (exact) mass is 503 g/mol. The molecule has 0 saturated heterocycles. The molecule has 0 bridgehead atoms. The molecule has 0 unspecified atom stereocenters. The van der Waals surface area contributed by atoms with Crippen LogP contribution in [0.5, 0.6) is 0 Å². The van der Waals surface area contributed by atoms with Crippen molar-refractivity contribution < 1.29 is 8.78 Å². The lowest BCUT2D eigenvalue weighted by Gasteiger charge is -2.30. The molecule has 1 aliphatic rings. The summed E-state index contributed by atoms with van der Waals surface area (Å²) in [7, 11) is 0. The number of halogens is 2. The van der Waals surface area contributed by atoms with Crippen LogP contribution >= 0.6 is 0 Å². The summed E-state index contributed by atoms with van der Waals surface area (Å²) in [4.78, 5) is 17.2. The molecule has 192 valence electrons. The second-order valence-corrected chi connectivity index (χ2v) is 10.4. The average molecular weight is 504 g/mol. The van der Waals surface area contributed by atoms with Gasteiger partial charge in [0, 0.05) is 23.3 Å². The molecule has 0 amide bonds. The van der Waals surface area contributed by atoms with E-state index in [4.69, 9.17) is 5.73 Å². The molecule has 1 saturated carbocycles. The van der Waals surface area contributed by atoms with Crippen molar-refractivity contribution in [3.8, 4) is 11.3 Å². The fraction of sp³-hybridized carbons (Fsp3) is 0.357. The van der Waals surface area contributed by atoms with Crippen molar-refractivity contribution in [2.75, 3.05) is 5.32 Å². The highest BCUT2D eigenvalue weighted by molar-refractivity contribution is 5.83. The van der Waals surface area contributed by atoms with Gasteiger partial charge in [-0.25, -0.2) is 28.7 Å². The van der Waals surface area contributed by atoms with Gasteiger partial charge in [0.1, 0.15) is 22.9 Å². The Balaban J connectivity index is 1.39. The third-order valence-corrected chi connectivity index (χ3v) is 6.89. The average Bonchev–Trinajstić information content (AvgIpc) is 3.19. The van der Waals surface area contributed by atoms with Crippen LogP contribution in [0.25, 0.3) is 28.4 Å². The standard InChI is InChI=1S/C28H31F2N7/c1-16(2)37-17(3)34-26-21(29)12-20(13-23(26)37)25-22(30)15-33-27(36-25)35-24-6-5-19(14-32-24)11-18-7-9-28(4,31)10-8-18/h5-6,11-16H,7-10,31H2,1-4H3,(H,32,33,35,36). The third kappa shape index (κ3) is 5.22. The van der Waals surface area contributed by atoms with E-state index in [1.807, 2.05) is 37.5 Å². The van der Waals surface area contributed by atoms with E-state index in [2.05, 4.69) is 38.3 Å². The van der Waals surface area contributed by atoms with Gasteiger partial charge < -0.3 is 15.6 Å². The van der Waals surface area contributed by atoms with Gasteiger partial charge >= 0.3 is 0 Å². The van der Waals surface area contributed by atoms with Gasteiger partial charge in [-0.05, 0) is 83.2 Å². The maximum Gasteiger partial charge on any atom is 0.229 e. The topological polar surface area (TPSA) is 94.5 Å². The molecule has 0 atom stereocenters. The summed E-state index contributed by atoms with van der Waals surface area (Å²) in [6, 6.07) is 6.82. The number of hydrogen-bond acceptors (Lipinski definition) is 6. The lowest BCUT2D eigenvalue weighted by atomic mass is 9.81. The number of imidazole rings is 1. The van der Waals surface area contributed by atoms with E-state index in [0.717, 1.165) is 37.4 Å². The van der Waals surface area contributed by atoms with Crippen molar-refractivity contribution in [1.82, 2.24) is 24.5 Å². The number of benzene rings is 1. The highest BCUT2D eigenvalue weighted by atomic mass is 19.1. The second kappa shape index (κ2) is 9.63. The number of anilines is 2. The SMILES string of the molecule is Cc1nc2c(F)cc(-c3nc(Nc4ccc(C=C5CCC(C)(N)CC5)cn4)ncc3F)cc2n1C(C)C. The number of rotatable bonds is 5. The van der Waals surface area contributed by atoms with Crippen LogP contribution in [0.15, 0.2) is 42.2 Å². The fourth-order valence-electron chi connectivity index (χ4n) is 4.89. The molecule has 7 nitrogen and oxygen atoms in total. The van der Waals surface area contributed by atoms with E-state index >= 15 is 0 Å². The summed E-state index contributed by atoms with van der Waals surface area (Å²) in [5.41, 5.74) is 9.68. The van der Waals surface area contributed by atoms with E-state index in [1.165, 1.54) is 11.6 Å². The Kier molecular flexibility index (Phi) is 6.49. The summed E-state index contributed by atoms with van der Waals surface area (Å²) in [6.07, 6.45) is 8.94. The molecule has 3 N–H and O–H groups in total. The van der Waals surface area contributed by atoms with Crippen molar-refractivity contribution in [1.29, 1.82) is 0 Å². The maximum atomic E-state index is 14.9. The van der Waals surface area contributed by atoms with Crippen LogP contribution in [0.2, 0.25) is 0 Å². The Morgan fingerprint density at radius 2 is 1.81 bits per heavy atom. The number of nitrogens with zero attached hydrogens (tertiary/aromatic N) is 5. The zero-order valence-electron chi connectivity index (χ0n) is 21.5. The van der Waals surface area contributed by atoms with Crippen molar-refractivity contribution in [3.63, 3.8) is 0 Å². The normalized spacial score (nSPS) is 18.0. The van der Waals surface area contributed by atoms with Gasteiger partial charge in [-0.2, -0.15) is 0 Å². The summed E-state index contributed by atoms with van der Waals surface area (Å²) in [6.45, 7) is 7.91. The van der Waals surface area contributed by atoms with E-state index in [9.17, 15) is 8.78 Å². The van der Waals surface area contributed by atoms with Crippen LogP contribution in [0.1, 0.15) is 63.9 Å². The van der Waals surface area contributed by atoms with Crippen LogP contribution in [-0.2, 0) is 0 Å². The van der Waals surface area contributed by atoms with Crippen molar-refractivity contribution in [2.45, 2.75) is 65.0 Å². The molecule has 9 heteroatoms. The van der Waals surface area contributed by atoms with Gasteiger partial charge in [-0.1, -0.05) is 11.6 Å². The second-order valence-electron chi connectivity index (χ2n) is 10.4. The third-order valence-electron chi connectivity index (χ3n) is 6.89. The number of aromatic nitrogens is 5. The molecule has 0 radical (unpaired) electrons. The van der Waals surface area contributed by atoms with E-state index in [-0.39, 0.29) is 28.7 Å². The zero-order valence-corrected chi connectivity index (χ0v) is 21.5. The highest BCUT2D eigenvalue weighted by Gasteiger charge is 2.23. The Hall–Kier alpha value is -3.72. The van der Waals surface area contributed by atoms with Crippen molar-refractivity contribution in [3.05, 3.63) is 65.3 Å². The lowest BCUT2D eigenvalue weighted by Crippen LogP contribution is -2.38. The number of hydrogen-bond donors (Lipinski definition) is 2. The minimum Gasteiger partial charge on any atom is -0.326 e. The van der Waals surface area contributed by atoms with Crippen LogP contribution in [0.3, 0.4) is 0 Å². The first-order valence-corrected chi connectivity index (χ1v) is 12.5. The molecule has 1 aliphatic carbocycles.